The molecule has 2 fully saturated rings. The number of rotatable bonds is 4. The maximum atomic E-state index is 12.6. The Balaban J connectivity index is 1.59. The van der Waals surface area contributed by atoms with Crippen molar-refractivity contribution in [2.24, 2.45) is 5.92 Å². The summed E-state index contributed by atoms with van der Waals surface area (Å²) in [7, 11) is 0. The molecule has 2 heterocycles. The zero-order chi connectivity index (χ0) is 17.1. The van der Waals surface area contributed by atoms with Gasteiger partial charge in [0.25, 0.3) is 5.91 Å². The third-order valence-corrected chi connectivity index (χ3v) is 5.49. The van der Waals surface area contributed by atoms with E-state index in [2.05, 4.69) is 28.9 Å². The van der Waals surface area contributed by atoms with Gasteiger partial charge in [-0.2, -0.15) is 0 Å². The minimum Gasteiger partial charge on any atom is -0.393 e. The fourth-order valence-electron chi connectivity index (χ4n) is 3.69. The third-order valence-electron chi connectivity index (χ3n) is 5.49. The molecular weight excluding hydrogens is 302 g/mol. The second kappa shape index (κ2) is 7.53. The number of benzene rings is 1. The molecule has 2 aliphatic heterocycles. The van der Waals surface area contributed by atoms with Crippen LogP contribution in [0, 0.1) is 5.92 Å². The summed E-state index contributed by atoms with van der Waals surface area (Å²) in [4.78, 5) is 19.3. The number of likely N-dealkylation sites (tertiary alicyclic amines) is 1. The van der Waals surface area contributed by atoms with E-state index in [1.807, 2.05) is 24.0 Å². The van der Waals surface area contributed by atoms with E-state index < -0.39 is 0 Å². The molecule has 1 N–H and O–H groups in total. The molecule has 5 heteroatoms. The Hall–Kier alpha value is -1.59. The normalized spacial score (nSPS) is 23.5. The van der Waals surface area contributed by atoms with Crippen LogP contribution in [0.5, 0.6) is 0 Å². The van der Waals surface area contributed by atoms with Crippen molar-refractivity contribution >= 4 is 11.6 Å². The molecule has 5 nitrogen and oxygen atoms in total. The Labute approximate surface area is 144 Å². The van der Waals surface area contributed by atoms with Crippen LogP contribution in [0.15, 0.2) is 24.3 Å². The number of anilines is 1. The maximum Gasteiger partial charge on any atom is 0.253 e. The smallest absolute Gasteiger partial charge is 0.253 e. The second-order valence-corrected chi connectivity index (χ2v) is 7.01. The van der Waals surface area contributed by atoms with Gasteiger partial charge < -0.3 is 19.8 Å². The number of aliphatic hydroxyl groups excluding tert-OH is 1. The maximum absolute atomic E-state index is 12.6. The fourth-order valence-corrected chi connectivity index (χ4v) is 3.69. The Morgan fingerprint density at radius 1 is 1.17 bits per heavy atom. The molecule has 2 saturated heterocycles. The SMILES string of the molecule is CCN1CCN(c2ccc(C(=O)N3CCC(C(C)O)C3)cc2)CC1. The average molecular weight is 331 g/mol. The van der Waals surface area contributed by atoms with Crippen LogP contribution in [0.2, 0.25) is 0 Å². The highest BCUT2D eigenvalue weighted by molar-refractivity contribution is 5.94. The molecular formula is C19H29N3O2. The lowest BCUT2D eigenvalue weighted by Gasteiger charge is -2.35. The Morgan fingerprint density at radius 3 is 2.38 bits per heavy atom. The number of piperazine rings is 1. The minimum atomic E-state index is -0.341. The van der Waals surface area contributed by atoms with Crippen LogP contribution < -0.4 is 4.90 Å². The lowest BCUT2D eigenvalue weighted by Crippen LogP contribution is -2.46. The molecule has 0 spiro atoms. The molecule has 0 aliphatic carbocycles. The van der Waals surface area contributed by atoms with Gasteiger partial charge in [0, 0.05) is 56.4 Å². The van der Waals surface area contributed by atoms with Crippen molar-refractivity contribution in [1.82, 2.24) is 9.80 Å². The van der Waals surface area contributed by atoms with E-state index in [4.69, 9.17) is 0 Å². The molecule has 2 aliphatic rings. The largest absolute Gasteiger partial charge is 0.393 e. The molecule has 1 aromatic rings. The number of carbonyl (C=O) groups excluding carboxylic acids is 1. The van der Waals surface area contributed by atoms with Crippen LogP contribution in [0.25, 0.3) is 0 Å². The molecule has 132 valence electrons. The van der Waals surface area contributed by atoms with E-state index in [1.165, 1.54) is 5.69 Å². The van der Waals surface area contributed by atoms with Gasteiger partial charge in [-0.25, -0.2) is 0 Å². The van der Waals surface area contributed by atoms with Crippen molar-refractivity contribution in [3.63, 3.8) is 0 Å². The van der Waals surface area contributed by atoms with Gasteiger partial charge in [-0.15, -0.1) is 0 Å². The van der Waals surface area contributed by atoms with Crippen molar-refractivity contribution in [2.75, 3.05) is 50.7 Å². The summed E-state index contributed by atoms with van der Waals surface area (Å²) < 4.78 is 0. The zero-order valence-electron chi connectivity index (χ0n) is 14.8. The zero-order valence-corrected chi connectivity index (χ0v) is 14.8. The number of aliphatic hydroxyl groups is 1. The van der Waals surface area contributed by atoms with Crippen LogP contribution >= 0.6 is 0 Å². The van der Waals surface area contributed by atoms with Gasteiger partial charge in [0.1, 0.15) is 0 Å². The van der Waals surface area contributed by atoms with Gasteiger partial charge in [-0.05, 0) is 44.2 Å². The lowest BCUT2D eigenvalue weighted by molar-refractivity contribution is 0.0762. The topological polar surface area (TPSA) is 47.0 Å². The number of hydrogen-bond donors (Lipinski definition) is 1. The number of hydrogen-bond acceptors (Lipinski definition) is 4. The van der Waals surface area contributed by atoms with Crippen LogP contribution in [-0.2, 0) is 0 Å². The van der Waals surface area contributed by atoms with Crippen LogP contribution in [0.4, 0.5) is 5.69 Å². The Bertz CT molecular complexity index is 550. The van der Waals surface area contributed by atoms with Gasteiger partial charge >= 0.3 is 0 Å². The lowest BCUT2D eigenvalue weighted by atomic mass is 10.0. The average Bonchev–Trinajstić information content (AvgIpc) is 3.12. The van der Waals surface area contributed by atoms with E-state index in [1.54, 1.807) is 0 Å². The van der Waals surface area contributed by atoms with Gasteiger partial charge in [0.05, 0.1) is 6.10 Å². The van der Waals surface area contributed by atoms with Crippen molar-refractivity contribution in [3.8, 4) is 0 Å². The van der Waals surface area contributed by atoms with Crippen LogP contribution in [0.3, 0.4) is 0 Å². The first-order valence-electron chi connectivity index (χ1n) is 9.13. The highest BCUT2D eigenvalue weighted by atomic mass is 16.3. The van der Waals surface area contributed by atoms with Crippen molar-refractivity contribution in [2.45, 2.75) is 26.4 Å². The fraction of sp³-hybridized carbons (Fsp3) is 0.632. The predicted octanol–water partition coefficient (Wildman–Crippen LogP) is 1.67. The summed E-state index contributed by atoms with van der Waals surface area (Å²) in [5.74, 6) is 0.295. The summed E-state index contributed by atoms with van der Waals surface area (Å²) in [5, 5.41) is 9.69. The summed E-state index contributed by atoms with van der Waals surface area (Å²) >= 11 is 0. The molecule has 2 atom stereocenters. The number of nitrogens with zero attached hydrogens (tertiary/aromatic N) is 3. The number of amides is 1. The quantitative estimate of drug-likeness (QED) is 0.912. The summed E-state index contributed by atoms with van der Waals surface area (Å²) in [6.45, 7) is 10.8. The predicted molar refractivity (Wildman–Crippen MR) is 96.5 cm³/mol. The minimum absolute atomic E-state index is 0.0838. The molecule has 0 saturated carbocycles. The summed E-state index contributed by atoms with van der Waals surface area (Å²) in [6, 6.07) is 8.02. The second-order valence-electron chi connectivity index (χ2n) is 7.01. The van der Waals surface area contributed by atoms with Crippen molar-refractivity contribution in [1.29, 1.82) is 0 Å². The summed E-state index contributed by atoms with van der Waals surface area (Å²) in [5.41, 5.74) is 1.95. The number of likely N-dealkylation sites (N-methyl/N-ethyl adjacent to an activating group) is 1. The highest BCUT2D eigenvalue weighted by Crippen LogP contribution is 2.23. The van der Waals surface area contributed by atoms with Gasteiger partial charge in [-0.1, -0.05) is 6.92 Å². The van der Waals surface area contributed by atoms with E-state index in [0.717, 1.165) is 51.3 Å². The molecule has 0 aromatic heterocycles. The first-order valence-corrected chi connectivity index (χ1v) is 9.13. The van der Waals surface area contributed by atoms with Crippen LogP contribution in [-0.4, -0.2) is 72.7 Å². The Morgan fingerprint density at radius 2 is 1.83 bits per heavy atom. The summed E-state index contributed by atoms with van der Waals surface area (Å²) in [6.07, 6.45) is 0.551. The van der Waals surface area contributed by atoms with E-state index in [-0.39, 0.29) is 17.9 Å². The van der Waals surface area contributed by atoms with Crippen molar-refractivity contribution < 1.29 is 9.90 Å². The standard InChI is InChI=1S/C19H29N3O2/c1-3-20-10-12-21(13-11-20)18-6-4-16(5-7-18)19(24)22-9-8-17(14-22)15(2)23/h4-7,15,17,23H,3,8-14H2,1-2H3. The molecule has 0 radical (unpaired) electrons. The molecule has 24 heavy (non-hydrogen) atoms. The number of carbonyl (C=O) groups is 1. The molecule has 1 aromatic carbocycles. The molecule has 3 rings (SSSR count). The van der Waals surface area contributed by atoms with Gasteiger partial charge in [0.2, 0.25) is 0 Å². The third kappa shape index (κ3) is 3.73. The monoisotopic (exact) mass is 331 g/mol. The molecule has 0 bridgehead atoms. The highest BCUT2D eigenvalue weighted by Gasteiger charge is 2.29. The Kier molecular flexibility index (Phi) is 5.41. The van der Waals surface area contributed by atoms with Crippen LogP contribution in [0.1, 0.15) is 30.6 Å². The first kappa shape index (κ1) is 17.2. The van der Waals surface area contributed by atoms with E-state index in [9.17, 15) is 9.90 Å². The first-order chi connectivity index (χ1) is 11.6. The van der Waals surface area contributed by atoms with E-state index >= 15 is 0 Å². The molecule has 1 amide bonds. The van der Waals surface area contributed by atoms with Gasteiger partial charge in [0.15, 0.2) is 0 Å². The van der Waals surface area contributed by atoms with E-state index in [0.29, 0.717) is 6.54 Å². The van der Waals surface area contributed by atoms with Crippen molar-refractivity contribution in [3.05, 3.63) is 29.8 Å². The van der Waals surface area contributed by atoms with Gasteiger partial charge in [-0.3, -0.25) is 4.79 Å². The molecule has 2 unspecified atom stereocenters.